The van der Waals surface area contributed by atoms with Gasteiger partial charge in [-0.2, -0.15) is 4.73 Å². The van der Waals surface area contributed by atoms with Gasteiger partial charge in [0.05, 0.1) is 18.9 Å². The van der Waals surface area contributed by atoms with Crippen LogP contribution in [0.25, 0.3) is 0 Å². The molecule has 1 aromatic carbocycles. The maximum absolute atomic E-state index is 12.4. The van der Waals surface area contributed by atoms with Crippen molar-refractivity contribution < 1.29 is 14.3 Å². The van der Waals surface area contributed by atoms with E-state index in [1.54, 1.807) is 18.2 Å². The van der Waals surface area contributed by atoms with E-state index in [0.717, 1.165) is 10.3 Å². The average molecular weight is 330 g/mol. The molecule has 1 atom stereocenters. The highest BCUT2D eigenvalue weighted by atomic mass is 32.2. The van der Waals surface area contributed by atoms with Crippen molar-refractivity contribution in [3.8, 4) is 0 Å². The number of aromatic nitrogens is 1. The molecule has 0 radical (unpaired) electrons. The Morgan fingerprint density at radius 2 is 2.04 bits per heavy atom. The zero-order valence-electron chi connectivity index (χ0n) is 12.6. The summed E-state index contributed by atoms with van der Waals surface area (Å²) in [6, 6.07) is 15.1. The van der Waals surface area contributed by atoms with Crippen molar-refractivity contribution in [3.63, 3.8) is 0 Å². The normalized spacial score (nSPS) is 17.9. The van der Waals surface area contributed by atoms with E-state index in [1.807, 2.05) is 35.2 Å². The summed E-state index contributed by atoms with van der Waals surface area (Å²) in [6.45, 7) is 1.67. The molecule has 23 heavy (non-hydrogen) atoms. The van der Waals surface area contributed by atoms with Gasteiger partial charge >= 0.3 is 0 Å². The quantitative estimate of drug-likeness (QED) is 0.489. The highest BCUT2D eigenvalue weighted by Crippen LogP contribution is 2.23. The number of hydrogen-bond donors (Lipinski definition) is 0. The van der Waals surface area contributed by atoms with Gasteiger partial charge in [0, 0.05) is 18.7 Å². The van der Waals surface area contributed by atoms with Gasteiger partial charge in [-0.05, 0) is 23.4 Å². The minimum Gasteiger partial charge on any atom is -0.618 e. The van der Waals surface area contributed by atoms with Gasteiger partial charge < -0.3 is 14.8 Å². The molecule has 3 rings (SSSR count). The fourth-order valence-corrected chi connectivity index (χ4v) is 3.31. The van der Waals surface area contributed by atoms with Gasteiger partial charge in [-0.3, -0.25) is 4.79 Å². The fraction of sp³-hybridized carbons (Fsp3) is 0.294. The molecular weight excluding hydrogens is 312 g/mol. The summed E-state index contributed by atoms with van der Waals surface area (Å²) in [7, 11) is 0. The van der Waals surface area contributed by atoms with Gasteiger partial charge in [-0.15, -0.1) is 0 Å². The summed E-state index contributed by atoms with van der Waals surface area (Å²) in [6.07, 6.45) is 1.35. The van der Waals surface area contributed by atoms with Crippen LogP contribution in [-0.4, -0.2) is 36.3 Å². The maximum atomic E-state index is 12.4. The van der Waals surface area contributed by atoms with E-state index in [0.29, 0.717) is 24.7 Å². The molecule has 1 saturated heterocycles. The Labute approximate surface area is 139 Å². The highest BCUT2D eigenvalue weighted by molar-refractivity contribution is 7.99. The molecular formula is C17H18N2O3S. The zero-order valence-corrected chi connectivity index (χ0v) is 13.4. The Kier molecular flexibility index (Phi) is 5.15. The number of nitrogens with zero attached hydrogens (tertiary/aromatic N) is 2. The van der Waals surface area contributed by atoms with Crippen LogP contribution in [0, 0.1) is 5.21 Å². The van der Waals surface area contributed by atoms with E-state index in [2.05, 4.69) is 0 Å². The second-order valence-corrected chi connectivity index (χ2v) is 6.26. The third-order valence-corrected chi connectivity index (χ3v) is 4.73. The van der Waals surface area contributed by atoms with Crippen molar-refractivity contribution in [2.45, 2.75) is 11.1 Å². The molecule has 1 fully saturated rings. The number of hydrogen-bond acceptors (Lipinski definition) is 4. The number of ether oxygens (including phenoxy) is 1. The lowest BCUT2D eigenvalue weighted by atomic mass is 10.1. The molecule has 0 saturated carbocycles. The van der Waals surface area contributed by atoms with E-state index < -0.39 is 0 Å². The van der Waals surface area contributed by atoms with Gasteiger partial charge in [0.25, 0.3) is 5.03 Å². The molecule has 0 N–H and O–H groups in total. The summed E-state index contributed by atoms with van der Waals surface area (Å²) in [4.78, 5) is 14.2. The number of benzene rings is 1. The van der Waals surface area contributed by atoms with Crippen LogP contribution in [0.15, 0.2) is 59.8 Å². The van der Waals surface area contributed by atoms with Crippen molar-refractivity contribution >= 4 is 17.7 Å². The Hall–Kier alpha value is -2.05. The molecule has 2 heterocycles. The van der Waals surface area contributed by atoms with Gasteiger partial charge in [0.15, 0.2) is 6.20 Å². The second kappa shape index (κ2) is 7.48. The summed E-state index contributed by atoms with van der Waals surface area (Å²) >= 11 is 1.26. The van der Waals surface area contributed by atoms with Crippen molar-refractivity contribution in [1.29, 1.82) is 0 Å². The summed E-state index contributed by atoms with van der Waals surface area (Å²) in [5.74, 6) is 0.288. The number of thioether (sulfide) groups is 1. The predicted molar refractivity (Wildman–Crippen MR) is 87.8 cm³/mol. The second-order valence-electron chi connectivity index (χ2n) is 5.26. The first-order chi connectivity index (χ1) is 11.2. The topological polar surface area (TPSA) is 56.5 Å². The van der Waals surface area contributed by atoms with Crippen LogP contribution in [-0.2, 0) is 9.53 Å². The van der Waals surface area contributed by atoms with Crippen LogP contribution >= 0.6 is 11.8 Å². The van der Waals surface area contributed by atoms with Crippen LogP contribution in [0.2, 0.25) is 0 Å². The minimum atomic E-state index is -0.0833. The van der Waals surface area contributed by atoms with Gasteiger partial charge in [0.2, 0.25) is 5.91 Å². The molecule has 0 aliphatic carbocycles. The van der Waals surface area contributed by atoms with E-state index in [4.69, 9.17) is 4.74 Å². The lowest BCUT2D eigenvalue weighted by Gasteiger charge is -2.33. The molecule has 120 valence electrons. The van der Waals surface area contributed by atoms with Crippen LogP contribution < -0.4 is 4.73 Å². The van der Waals surface area contributed by atoms with Crippen molar-refractivity contribution in [3.05, 3.63) is 65.5 Å². The number of amides is 1. The van der Waals surface area contributed by atoms with Crippen molar-refractivity contribution in [2.75, 3.05) is 25.4 Å². The lowest BCUT2D eigenvalue weighted by molar-refractivity contribution is -0.645. The molecule has 2 aromatic rings. The van der Waals surface area contributed by atoms with E-state index in [-0.39, 0.29) is 17.8 Å². The number of carbonyl (C=O) groups is 1. The number of rotatable bonds is 4. The first kappa shape index (κ1) is 15.8. The Morgan fingerprint density at radius 3 is 2.83 bits per heavy atom. The minimum absolute atomic E-state index is 0.0306. The van der Waals surface area contributed by atoms with E-state index >= 15 is 0 Å². The summed E-state index contributed by atoms with van der Waals surface area (Å²) in [5, 5.41) is 12.1. The van der Waals surface area contributed by atoms with Gasteiger partial charge in [-0.1, -0.05) is 30.3 Å². The third-order valence-electron chi connectivity index (χ3n) is 3.72. The van der Waals surface area contributed by atoms with Crippen LogP contribution in [0.3, 0.4) is 0 Å². The van der Waals surface area contributed by atoms with Gasteiger partial charge in [0.1, 0.15) is 6.10 Å². The van der Waals surface area contributed by atoms with Crippen molar-refractivity contribution in [2.24, 2.45) is 0 Å². The van der Waals surface area contributed by atoms with Crippen LogP contribution in [0.5, 0.6) is 0 Å². The molecule has 1 aromatic heterocycles. The predicted octanol–water partition coefficient (Wildman–Crippen LogP) is 2.01. The molecule has 0 unspecified atom stereocenters. The molecule has 1 amide bonds. The Balaban J connectivity index is 1.58. The lowest BCUT2D eigenvalue weighted by Crippen LogP contribution is -2.43. The number of carbonyl (C=O) groups excluding carboxylic acids is 1. The van der Waals surface area contributed by atoms with E-state index in [1.165, 1.54) is 18.0 Å². The zero-order chi connectivity index (χ0) is 16.1. The number of morpholine rings is 1. The standard InChI is InChI=1S/C17H18N2O3S/c20-16(13-23-17-8-4-5-9-19(17)21)18-10-11-22-15(12-18)14-6-2-1-3-7-14/h1-9,15H,10-13H2/t15-/m1/s1. The van der Waals surface area contributed by atoms with Crippen LogP contribution in [0.4, 0.5) is 0 Å². The van der Waals surface area contributed by atoms with Crippen molar-refractivity contribution in [1.82, 2.24) is 4.90 Å². The molecule has 1 aliphatic rings. The Morgan fingerprint density at radius 1 is 1.26 bits per heavy atom. The maximum Gasteiger partial charge on any atom is 0.251 e. The van der Waals surface area contributed by atoms with Gasteiger partial charge in [-0.25, -0.2) is 0 Å². The molecule has 6 heteroatoms. The largest absolute Gasteiger partial charge is 0.618 e. The average Bonchev–Trinajstić information content (AvgIpc) is 2.62. The summed E-state index contributed by atoms with van der Waals surface area (Å²) < 4.78 is 6.55. The molecule has 0 spiro atoms. The monoisotopic (exact) mass is 330 g/mol. The third kappa shape index (κ3) is 4.03. The van der Waals surface area contributed by atoms with Crippen LogP contribution in [0.1, 0.15) is 11.7 Å². The summed E-state index contributed by atoms with van der Waals surface area (Å²) in [5.41, 5.74) is 1.08. The van der Waals surface area contributed by atoms with E-state index in [9.17, 15) is 10.0 Å². The highest BCUT2D eigenvalue weighted by Gasteiger charge is 2.25. The number of pyridine rings is 1. The fourth-order valence-electron chi connectivity index (χ4n) is 2.50. The molecule has 0 bridgehead atoms. The SMILES string of the molecule is O=C(CSc1cccc[n+]1[O-])N1CCO[C@@H](c2ccccc2)C1. The first-order valence-electron chi connectivity index (χ1n) is 7.49. The molecule has 1 aliphatic heterocycles. The molecule has 5 nitrogen and oxygen atoms in total. The Bertz CT molecular complexity index is 666. The first-order valence-corrected chi connectivity index (χ1v) is 8.48. The smallest absolute Gasteiger partial charge is 0.251 e.